The summed E-state index contributed by atoms with van der Waals surface area (Å²) in [7, 11) is 0. The molecular weight excluding hydrogens is 478 g/mol. The number of Topliss-reactive ketones (excluding diaryl/α,β-unsaturated/α-hetero) is 1. The number of ether oxygens (including phenoxy) is 1. The van der Waals surface area contributed by atoms with Crippen molar-refractivity contribution in [3.63, 3.8) is 0 Å². The molecule has 3 saturated heterocycles. The molecule has 0 spiro atoms. The number of aliphatic hydroxyl groups is 1. The van der Waals surface area contributed by atoms with Gasteiger partial charge in [-0.3, -0.25) is 14.6 Å². The Balaban J connectivity index is 1.38. The van der Waals surface area contributed by atoms with Crippen LogP contribution >= 0.6 is 0 Å². The molecule has 0 saturated carbocycles. The van der Waals surface area contributed by atoms with Gasteiger partial charge in [0.15, 0.2) is 11.4 Å². The normalized spacial score (nSPS) is 24.8. The molecular formula is C25H27N7O5. The summed E-state index contributed by atoms with van der Waals surface area (Å²) >= 11 is 0. The number of hydrogen-bond donors (Lipinski definition) is 3. The van der Waals surface area contributed by atoms with E-state index in [1.54, 1.807) is 17.3 Å². The lowest BCUT2D eigenvalue weighted by Crippen LogP contribution is -2.47. The summed E-state index contributed by atoms with van der Waals surface area (Å²) in [5.74, 6) is -0.263. The predicted octanol–water partition coefficient (Wildman–Crippen LogP) is 1.59. The lowest BCUT2D eigenvalue weighted by Gasteiger charge is -2.39. The highest BCUT2D eigenvalue weighted by Gasteiger charge is 2.44. The zero-order valence-corrected chi connectivity index (χ0v) is 20.3. The van der Waals surface area contributed by atoms with Crippen molar-refractivity contribution >= 4 is 29.2 Å². The lowest BCUT2D eigenvalue weighted by molar-refractivity contribution is -0.138. The molecule has 2 amide bonds. The molecule has 3 aromatic rings. The second-order valence-corrected chi connectivity index (χ2v) is 9.89. The van der Waals surface area contributed by atoms with Crippen LogP contribution in [0.1, 0.15) is 66.3 Å². The van der Waals surface area contributed by atoms with E-state index in [-0.39, 0.29) is 48.2 Å². The molecule has 12 heteroatoms. The number of nitrogen functional groups attached to an aromatic ring is 1. The van der Waals surface area contributed by atoms with Gasteiger partial charge in [0.2, 0.25) is 5.91 Å². The first kappa shape index (κ1) is 23.3. The highest BCUT2D eigenvalue weighted by atomic mass is 16.6. The van der Waals surface area contributed by atoms with E-state index in [1.165, 1.54) is 11.4 Å². The van der Waals surface area contributed by atoms with Crippen molar-refractivity contribution in [1.29, 1.82) is 0 Å². The minimum absolute atomic E-state index is 0.00337. The van der Waals surface area contributed by atoms with Gasteiger partial charge >= 0.3 is 6.09 Å². The number of aromatic nitrogens is 4. The minimum Gasteiger partial charge on any atom is -0.447 e. The molecule has 3 fully saturated rings. The van der Waals surface area contributed by atoms with Crippen LogP contribution in [-0.2, 0) is 9.53 Å². The molecule has 4 N–H and O–H groups in total. The zero-order chi connectivity index (χ0) is 25.8. The topological polar surface area (TPSA) is 165 Å². The largest absolute Gasteiger partial charge is 0.447 e. The van der Waals surface area contributed by atoms with Gasteiger partial charge in [-0.15, -0.1) is 0 Å². The Morgan fingerprint density at radius 3 is 2.57 bits per heavy atom. The van der Waals surface area contributed by atoms with Gasteiger partial charge in [0, 0.05) is 35.3 Å². The average molecular weight is 506 g/mol. The number of rotatable bonds is 5. The highest BCUT2D eigenvalue weighted by Crippen LogP contribution is 2.44. The summed E-state index contributed by atoms with van der Waals surface area (Å²) in [6, 6.07) is 3.40. The van der Waals surface area contributed by atoms with Gasteiger partial charge in [0.1, 0.15) is 25.1 Å². The molecule has 37 heavy (non-hydrogen) atoms. The SMILES string of the molecule is CC(=O)c1c(C2C[C@H]3CC[C@@H](C2)N3C(=O)CO)nc2c(-c3ccc(C4COC(=O)N4)nc3)cnn2c1N. The van der Waals surface area contributed by atoms with Crippen LogP contribution in [-0.4, -0.2) is 72.7 Å². The molecule has 6 heterocycles. The molecule has 6 rings (SSSR count). The molecule has 2 bridgehead atoms. The molecule has 192 valence electrons. The van der Waals surface area contributed by atoms with Gasteiger partial charge in [-0.2, -0.15) is 9.61 Å². The van der Waals surface area contributed by atoms with Crippen LogP contribution in [0.4, 0.5) is 10.6 Å². The number of carbonyl (C=O) groups excluding carboxylic acids is 3. The molecule has 3 aromatic heterocycles. The van der Waals surface area contributed by atoms with Crippen LogP contribution in [0, 0.1) is 0 Å². The maximum atomic E-state index is 12.7. The van der Waals surface area contributed by atoms with Crippen LogP contribution in [0.3, 0.4) is 0 Å². The minimum atomic E-state index is -0.500. The molecule has 0 radical (unpaired) electrons. The number of alkyl carbamates (subject to hydrolysis) is 1. The number of nitrogens with two attached hydrogens (primary N) is 1. The fraction of sp³-hybridized carbons (Fsp3) is 0.440. The van der Waals surface area contributed by atoms with Gasteiger partial charge in [-0.1, -0.05) is 6.07 Å². The number of nitrogens with one attached hydrogen (secondary N) is 1. The van der Waals surface area contributed by atoms with E-state index in [1.807, 2.05) is 12.1 Å². The Kier molecular flexibility index (Phi) is 5.55. The van der Waals surface area contributed by atoms with Crippen LogP contribution in [0.15, 0.2) is 24.5 Å². The molecule has 2 unspecified atom stereocenters. The first-order valence-electron chi connectivity index (χ1n) is 12.3. The maximum absolute atomic E-state index is 12.7. The zero-order valence-electron chi connectivity index (χ0n) is 20.3. The number of carbonyl (C=O) groups is 3. The van der Waals surface area contributed by atoms with Crippen LogP contribution in [0.2, 0.25) is 0 Å². The third-order valence-corrected chi connectivity index (χ3v) is 7.73. The number of piperidine rings is 1. The summed E-state index contributed by atoms with van der Waals surface area (Å²) in [6.07, 6.45) is 5.90. The van der Waals surface area contributed by atoms with Crippen molar-refractivity contribution in [2.24, 2.45) is 0 Å². The van der Waals surface area contributed by atoms with Gasteiger partial charge in [-0.25, -0.2) is 9.78 Å². The third-order valence-electron chi connectivity index (χ3n) is 7.73. The first-order valence-corrected chi connectivity index (χ1v) is 12.3. The maximum Gasteiger partial charge on any atom is 0.407 e. The highest BCUT2D eigenvalue weighted by molar-refractivity contribution is 6.00. The fourth-order valence-corrected chi connectivity index (χ4v) is 6.10. The number of hydrogen-bond acceptors (Lipinski definition) is 9. The summed E-state index contributed by atoms with van der Waals surface area (Å²) in [4.78, 5) is 47.7. The van der Waals surface area contributed by atoms with Crippen molar-refractivity contribution in [2.75, 3.05) is 18.9 Å². The van der Waals surface area contributed by atoms with E-state index in [0.717, 1.165) is 18.4 Å². The van der Waals surface area contributed by atoms with Crippen LogP contribution in [0.5, 0.6) is 0 Å². The quantitative estimate of drug-likeness (QED) is 0.437. The van der Waals surface area contributed by atoms with Crippen molar-refractivity contribution in [3.8, 4) is 11.1 Å². The molecule has 12 nitrogen and oxygen atoms in total. The fourth-order valence-electron chi connectivity index (χ4n) is 6.10. The van der Waals surface area contributed by atoms with E-state index in [4.69, 9.17) is 15.5 Å². The van der Waals surface area contributed by atoms with E-state index >= 15 is 0 Å². The lowest BCUT2D eigenvalue weighted by atomic mass is 9.85. The van der Waals surface area contributed by atoms with Crippen molar-refractivity contribution in [2.45, 2.75) is 56.7 Å². The standard InChI is InChI=1S/C25H27N7O5/c1-12(34)21-22(14-6-15-3-4-16(7-14)31(15)20(35)10-33)30-24-17(9-28-32(24)23(21)26)13-2-5-18(27-8-13)19-11-37-25(36)29-19/h2,5,8-9,14-16,19,33H,3-4,6-7,10-11,26H2,1H3,(H,29,36)/t14?,15-,16+,19?. The number of anilines is 1. The summed E-state index contributed by atoms with van der Waals surface area (Å²) in [5, 5.41) is 16.5. The number of aliphatic hydroxyl groups excluding tert-OH is 1. The van der Waals surface area contributed by atoms with Gasteiger partial charge < -0.3 is 25.8 Å². The number of amides is 2. The number of cyclic esters (lactones) is 1. The Hall–Kier alpha value is -4.06. The van der Waals surface area contributed by atoms with Crippen LogP contribution in [0.25, 0.3) is 16.8 Å². The third kappa shape index (κ3) is 3.79. The van der Waals surface area contributed by atoms with Crippen molar-refractivity contribution in [1.82, 2.24) is 29.8 Å². The number of nitrogens with zero attached hydrogens (tertiary/aromatic N) is 5. The van der Waals surface area contributed by atoms with E-state index in [2.05, 4.69) is 15.4 Å². The summed E-state index contributed by atoms with van der Waals surface area (Å²) in [5.41, 5.74) is 10.2. The van der Waals surface area contributed by atoms with Gasteiger partial charge in [0.25, 0.3) is 0 Å². The van der Waals surface area contributed by atoms with E-state index in [9.17, 15) is 19.5 Å². The molecule has 0 aromatic carbocycles. The Bertz CT molecular complexity index is 1410. The average Bonchev–Trinajstić information content (AvgIpc) is 3.59. The molecule has 0 aliphatic carbocycles. The van der Waals surface area contributed by atoms with Gasteiger partial charge in [0.05, 0.1) is 23.1 Å². The first-order chi connectivity index (χ1) is 17.9. The van der Waals surface area contributed by atoms with Crippen molar-refractivity contribution in [3.05, 3.63) is 41.5 Å². The Morgan fingerprint density at radius 1 is 1.22 bits per heavy atom. The Labute approximate surface area is 211 Å². The number of fused-ring (bicyclic) bond motifs is 3. The monoisotopic (exact) mass is 505 g/mol. The smallest absolute Gasteiger partial charge is 0.407 e. The predicted molar refractivity (Wildman–Crippen MR) is 131 cm³/mol. The Morgan fingerprint density at radius 2 is 1.97 bits per heavy atom. The van der Waals surface area contributed by atoms with Crippen LogP contribution < -0.4 is 11.1 Å². The van der Waals surface area contributed by atoms with Crippen molar-refractivity contribution < 1.29 is 24.2 Å². The molecule has 3 aliphatic rings. The second-order valence-electron chi connectivity index (χ2n) is 9.89. The second kappa shape index (κ2) is 8.80. The van der Waals surface area contributed by atoms with E-state index in [0.29, 0.717) is 41.0 Å². The number of pyridine rings is 1. The molecule has 4 atom stereocenters. The summed E-state index contributed by atoms with van der Waals surface area (Å²) in [6.45, 7) is 1.20. The summed E-state index contributed by atoms with van der Waals surface area (Å²) < 4.78 is 6.43. The van der Waals surface area contributed by atoms with Gasteiger partial charge in [-0.05, 0) is 38.7 Å². The van der Waals surface area contributed by atoms with E-state index < -0.39 is 12.7 Å². The molecule has 3 aliphatic heterocycles. The number of ketones is 1.